The van der Waals surface area contributed by atoms with E-state index in [2.05, 4.69) is 26.2 Å². The molecule has 5 nitrogen and oxygen atoms in total. The van der Waals surface area contributed by atoms with Crippen molar-refractivity contribution in [3.8, 4) is 0 Å². The van der Waals surface area contributed by atoms with Crippen LogP contribution in [0.1, 0.15) is 15.6 Å². The first-order valence-electron chi connectivity index (χ1n) is 5.58. The zero-order valence-electron chi connectivity index (χ0n) is 10.4. The lowest BCUT2D eigenvalue weighted by Crippen LogP contribution is -2.02. The number of rotatable bonds is 4. The van der Waals surface area contributed by atoms with Crippen LogP contribution in [-0.4, -0.2) is 9.91 Å². The van der Waals surface area contributed by atoms with Crippen molar-refractivity contribution in [1.82, 2.24) is 4.98 Å². The van der Waals surface area contributed by atoms with Crippen molar-refractivity contribution in [2.24, 2.45) is 0 Å². The third-order valence-electron chi connectivity index (χ3n) is 2.66. The summed E-state index contributed by atoms with van der Waals surface area (Å²) in [5.74, 6) is 0. The molecule has 2 aromatic rings. The molecule has 0 amide bonds. The van der Waals surface area contributed by atoms with Crippen LogP contribution in [0.5, 0.6) is 0 Å². The molecule has 1 aromatic carbocycles. The molecule has 0 saturated heterocycles. The second kappa shape index (κ2) is 5.66. The van der Waals surface area contributed by atoms with Gasteiger partial charge in [-0.1, -0.05) is 15.9 Å². The van der Waals surface area contributed by atoms with Gasteiger partial charge in [0.2, 0.25) is 0 Å². The monoisotopic (exact) mass is 341 g/mol. The summed E-state index contributed by atoms with van der Waals surface area (Å²) in [5, 5.41) is 15.0. The molecule has 0 fully saturated rings. The minimum Gasteiger partial charge on any atom is -0.373 e. The van der Waals surface area contributed by atoms with Crippen LogP contribution >= 0.6 is 27.3 Å². The summed E-state index contributed by atoms with van der Waals surface area (Å²) in [7, 11) is 0. The lowest BCUT2D eigenvalue weighted by molar-refractivity contribution is -0.384. The molecule has 0 spiro atoms. The largest absolute Gasteiger partial charge is 0.373 e. The van der Waals surface area contributed by atoms with E-state index in [4.69, 9.17) is 0 Å². The van der Waals surface area contributed by atoms with Gasteiger partial charge in [-0.3, -0.25) is 10.1 Å². The Balaban J connectivity index is 2.17. The number of nitrogens with zero attached hydrogens (tertiary/aromatic N) is 2. The van der Waals surface area contributed by atoms with Crippen LogP contribution in [0, 0.1) is 24.0 Å². The fourth-order valence-corrected chi connectivity index (χ4v) is 2.81. The third kappa shape index (κ3) is 3.30. The Labute approximate surface area is 123 Å². The normalized spacial score (nSPS) is 10.5. The van der Waals surface area contributed by atoms with E-state index in [1.165, 1.54) is 10.9 Å². The highest BCUT2D eigenvalue weighted by Gasteiger charge is 2.14. The van der Waals surface area contributed by atoms with Crippen LogP contribution in [0.3, 0.4) is 0 Å². The molecule has 100 valence electrons. The molecule has 0 bridgehead atoms. The summed E-state index contributed by atoms with van der Waals surface area (Å²) < 4.78 is 0.686. The highest BCUT2D eigenvalue weighted by atomic mass is 79.9. The van der Waals surface area contributed by atoms with Crippen LogP contribution in [0.2, 0.25) is 0 Å². The maximum atomic E-state index is 11.0. The molecular formula is C12H12BrN3O2S. The summed E-state index contributed by atoms with van der Waals surface area (Å²) in [6.07, 6.45) is 0. The Morgan fingerprint density at radius 3 is 2.79 bits per heavy atom. The van der Waals surface area contributed by atoms with Gasteiger partial charge in [0.25, 0.3) is 5.69 Å². The van der Waals surface area contributed by atoms with Gasteiger partial charge in [-0.05, 0) is 26.0 Å². The number of hydrogen-bond acceptors (Lipinski definition) is 5. The topological polar surface area (TPSA) is 68.1 Å². The van der Waals surface area contributed by atoms with E-state index in [0.717, 1.165) is 10.7 Å². The van der Waals surface area contributed by atoms with Crippen LogP contribution < -0.4 is 5.32 Å². The van der Waals surface area contributed by atoms with Gasteiger partial charge in [0.15, 0.2) is 0 Å². The number of aryl methyl sites for hydroxylation is 2. The van der Waals surface area contributed by atoms with E-state index in [0.29, 0.717) is 16.7 Å². The Morgan fingerprint density at radius 2 is 2.21 bits per heavy atom. The molecule has 1 N–H and O–H groups in total. The molecule has 0 aliphatic heterocycles. The smallest absolute Gasteiger partial charge is 0.293 e. The molecule has 0 unspecified atom stereocenters. The van der Waals surface area contributed by atoms with E-state index in [1.807, 2.05) is 13.8 Å². The standard InChI is InChI=1S/C12H12BrN3O2S/c1-7-8(2)19-12(15-7)6-14-10-4-3-9(13)5-11(10)16(17)18/h3-5,14H,6H2,1-2H3. The molecule has 0 radical (unpaired) electrons. The van der Waals surface area contributed by atoms with Crippen molar-refractivity contribution in [2.45, 2.75) is 20.4 Å². The van der Waals surface area contributed by atoms with Gasteiger partial charge in [0.05, 0.1) is 17.2 Å². The lowest BCUT2D eigenvalue weighted by atomic mass is 10.2. The van der Waals surface area contributed by atoms with Crippen molar-refractivity contribution in [3.05, 3.63) is 48.4 Å². The predicted molar refractivity (Wildman–Crippen MR) is 79.7 cm³/mol. The van der Waals surface area contributed by atoms with E-state index >= 15 is 0 Å². The van der Waals surface area contributed by atoms with Gasteiger partial charge >= 0.3 is 0 Å². The SMILES string of the molecule is Cc1nc(CNc2ccc(Br)cc2[N+](=O)[O-])sc1C. The molecule has 0 atom stereocenters. The van der Waals surface area contributed by atoms with Gasteiger partial charge in [0.1, 0.15) is 10.7 Å². The Bertz CT molecular complexity index is 608. The molecule has 2 rings (SSSR count). The average molecular weight is 342 g/mol. The molecule has 1 heterocycles. The maximum Gasteiger partial charge on any atom is 0.293 e. The van der Waals surface area contributed by atoms with Gasteiger partial charge in [-0.15, -0.1) is 11.3 Å². The quantitative estimate of drug-likeness (QED) is 0.672. The minimum absolute atomic E-state index is 0.0550. The number of anilines is 1. The fourth-order valence-electron chi connectivity index (χ4n) is 1.59. The van der Waals surface area contributed by atoms with Crippen LogP contribution in [0.25, 0.3) is 0 Å². The summed E-state index contributed by atoms with van der Waals surface area (Å²) >= 11 is 4.83. The Hall–Kier alpha value is -1.47. The highest BCUT2D eigenvalue weighted by molar-refractivity contribution is 9.10. The number of hydrogen-bond donors (Lipinski definition) is 1. The second-order valence-corrected chi connectivity index (χ2v) is 6.22. The minimum atomic E-state index is -0.397. The van der Waals surface area contributed by atoms with Crippen LogP contribution in [-0.2, 0) is 6.54 Å². The molecule has 0 aliphatic carbocycles. The van der Waals surface area contributed by atoms with Crippen LogP contribution in [0.4, 0.5) is 11.4 Å². The molecule has 19 heavy (non-hydrogen) atoms. The number of nitro groups is 1. The maximum absolute atomic E-state index is 11.0. The molecule has 0 saturated carbocycles. The molecule has 7 heteroatoms. The number of nitro benzene ring substituents is 1. The van der Waals surface area contributed by atoms with E-state index < -0.39 is 4.92 Å². The van der Waals surface area contributed by atoms with E-state index in [-0.39, 0.29) is 5.69 Å². The second-order valence-electron chi connectivity index (χ2n) is 4.02. The number of benzene rings is 1. The van der Waals surface area contributed by atoms with Crippen molar-refractivity contribution < 1.29 is 4.92 Å². The highest BCUT2D eigenvalue weighted by Crippen LogP contribution is 2.28. The summed E-state index contributed by atoms with van der Waals surface area (Å²) in [4.78, 5) is 16.1. The van der Waals surface area contributed by atoms with Gasteiger partial charge < -0.3 is 5.32 Å². The first-order valence-corrected chi connectivity index (χ1v) is 7.19. The van der Waals surface area contributed by atoms with Crippen molar-refractivity contribution in [2.75, 3.05) is 5.32 Å². The van der Waals surface area contributed by atoms with Crippen molar-refractivity contribution >= 4 is 38.6 Å². The number of thiazole rings is 1. The first-order chi connectivity index (χ1) is 8.97. The first kappa shape index (κ1) is 14.0. The summed E-state index contributed by atoms with van der Waals surface area (Å²) in [5.41, 5.74) is 1.56. The van der Waals surface area contributed by atoms with Crippen LogP contribution in [0.15, 0.2) is 22.7 Å². The van der Waals surface area contributed by atoms with E-state index in [9.17, 15) is 10.1 Å². The number of nitrogens with one attached hydrogen (secondary N) is 1. The van der Waals surface area contributed by atoms with Gasteiger partial charge in [-0.2, -0.15) is 0 Å². The molecular weight excluding hydrogens is 330 g/mol. The predicted octanol–water partition coefficient (Wildman–Crippen LogP) is 4.04. The lowest BCUT2D eigenvalue weighted by Gasteiger charge is -2.05. The zero-order valence-corrected chi connectivity index (χ0v) is 12.8. The van der Waals surface area contributed by atoms with Gasteiger partial charge in [-0.25, -0.2) is 4.98 Å². The van der Waals surface area contributed by atoms with Gasteiger partial charge in [0, 0.05) is 15.4 Å². The summed E-state index contributed by atoms with van der Waals surface area (Å²) in [6.45, 7) is 4.46. The van der Waals surface area contributed by atoms with Crippen molar-refractivity contribution in [3.63, 3.8) is 0 Å². The Morgan fingerprint density at radius 1 is 1.47 bits per heavy atom. The number of aromatic nitrogens is 1. The Kier molecular flexibility index (Phi) is 4.16. The van der Waals surface area contributed by atoms with Crippen molar-refractivity contribution in [1.29, 1.82) is 0 Å². The van der Waals surface area contributed by atoms with E-state index in [1.54, 1.807) is 23.5 Å². The number of halogens is 1. The third-order valence-corrected chi connectivity index (χ3v) is 4.23. The fraction of sp³-hybridized carbons (Fsp3) is 0.250. The molecule has 0 aliphatic rings. The molecule has 1 aromatic heterocycles. The zero-order chi connectivity index (χ0) is 14.0. The average Bonchev–Trinajstić information content (AvgIpc) is 2.67. The summed E-state index contributed by atoms with van der Waals surface area (Å²) in [6, 6.07) is 4.95.